The number of ether oxygens (including phenoxy) is 1. The molecule has 1 unspecified atom stereocenters. The summed E-state index contributed by atoms with van der Waals surface area (Å²) in [7, 11) is 1.33. The molecule has 0 aliphatic carbocycles. The third kappa shape index (κ3) is 5.31. The zero-order chi connectivity index (χ0) is 15.1. The first kappa shape index (κ1) is 18.5. The minimum absolute atomic E-state index is 0. The van der Waals surface area contributed by atoms with Gasteiger partial charge in [-0.05, 0) is 37.4 Å². The van der Waals surface area contributed by atoms with Crippen LogP contribution in [0.3, 0.4) is 0 Å². The lowest BCUT2D eigenvalue weighted by Gasteiger charge is -2.23. The number of piperidine rings is 1. The van der Waals surface area contributed by atoms with Crippen LogP contribution >= 0.6 is 12.4 Å². The highest BCUT2D eigenvalue weighted by atomic mass is 35.5. The van der Waals surface area contributed by atoms with E-state index in [2.05, 4.69) is 10.6 Å². The molecule has 1 aliphatic rings. The molecule has 2 N–H and O–H groups in total. The molecule has 1 aromatic rings. The first-order valence-electron chi connectivity index (χ1n) is 7.33. The smallest absolute Gasteiger partial charge is 0.333 e. The molecule has 1 aromatic carbocycles. The molecular formula is C16H23ClN2O3. The van der Waals surface area contributed by atoms with Crippen molar-refractivity contribution < 1.29 is 14.3 Å². The summed E-state index contributed by atoms with van der Waals surface area (Å²) >= 11 is 0. The number of carbonyl (C=O) groups is 2. The lowest BCUT2D eigenvalue weighted by Crippen LogP contribution is -2.37. The third-order valence-corrected chi connectivity index (χ3v) is 3.81. The van der Waals surface area contributed by atoms with Crippen LogP contribution in [0.1, 0.15) is 30.9 Å². The van der Waals surface area contributed by atoms with Gasteiger partial charge < -0.3 is 15.4 Å². The molecule has 1 heterocycles. The minimum Gasteiger partial charge on any atom is -0.467 e. The average molecular weight is 327 g/mol. The van der Waals surface area contributed by atoms with E-state index in [1.807, 2.05) is 30.3 Å². The van der Waals surface area contributed by atoms with Crippen molar-refractivity contribution in [2.75, 3.05) is 20.2 Å². The summed E-state index contributed by atoms with van der Waals surface area (Å²) in [5.74, 6) is -0.152. The molecule has 1 atom stereocenters. The Hall–Kier alpha value is -1.59. The monoisotopic (exact) mass is 326 g/mol. The molecule has 6 heteroatoms. The second-order valence-corrected chi connectivity index (χ2v) is 5.33. The van der Waals surface area contributed by atoms with E-state index in [0.29, 0.717) is 12.3 Å². The fraction of sp³-hybridized carbons (Fsp3) is 0.500. The highest BCUT2D eigenvalue weighted by Crippen LogP contribution is 2.18. The third-order valence-electron chi connectivity index (χ3n) is 3.81. The Morgan fingerprint density at radius 3 is 2.50 bits per heavy atom. The molecule has 0 spiro atoms. The van der Waals surface area contributed by atoms with Crippen molar-refractivity contribution in [3.8, 4) is 0 Å². The summed E-state index contributed by atoms with van der Waals surface area (Å²) in [6.45, 7) is 1.91. The van der Waals surface area contributed by atoms with E-state index in [0.717, 1.165) is 31.5 Å². The first-order chi connectivity index (χ1) is 10.2. The number of benzene rings is 1. The van der Waals surface area contributed by atoms with Gasteiger partial charge in [-0.25, -0.2) is 4.79 Å². The van der Waals surface area contributed by atoms with Crippen molar-refractivity contribution in [2.45, 2.75) is 25.3 Å². The van der Waals surface area contributed by atoms with Gasteiger partial charge in [0, 0.05) is 6.42 Å². The predicted octanol–water partition coefficient (Wildman–Crippen LogP) is 1.83. The van der Waals surface area contributed by atoms with Gasteiger partial charge in [-0.2, -0.15) is 0 Å². The van der Waals surface area contributed by atoms with Crippen molar-refractivity contribution >= 4 is 24.3 Å². The highest BCUT2D eigenvalue weighted by molar-refractivity contribution is 5.85. The molecule has 1 aliphatic heterocycles. The average Bonchev–Trinajstić information content (AvgIpc) is 2.53. The maximum Gasteiger partial charge on any atom is 0.333 e. The molecule has 22 heavy (non-hydrogen) atoms. The normalized spacial score (nSPS) is 16.2. The van der Waals surface area contributed by atoms with Gasteiger partial charge in [-0.1, -0.05) is 30.3 Å². The second-order valence-electron chi connectivity index (χ2n) is 5.33. The zero-order valence-electron chi connectivity index (χ0n) is 12.7. The molecule has 1 amide bonds. The molecule has 1 saturated heterocycles. The lowest BCUT2D eigenvalue weighted by atomic mass is 9.94. The molecule has 0 aromatic heterocycles. The van der Waals surface area contributed by atoms with E-state index in [1.165, 1.54) is 7.11 Å². The van der Waals surface area contributed by atoms with Gasteiger partial charge in [-0.3, -0.25) is 4.79 Å². The van der Waals surface area contributed by atoms with Gasteiger partial charge in [0.05, 0.1) is 7.11 Å². The summed E-state index contributed by atoms with van der Waals surface area (Å²) in [4.78, 5) is 24.1. The van der Waals surface area contributed by atoms with Gasteiger partial charge in [0.1, 0.15) is 0 Å². The first-order valence-corrected chi connectivity index (χ1v) is 7.33. The summed E-state index contributed by atoms with van der Waals surface area (Å²) in [5, 5.41) is 6.07. The van der Waals surface area contributed by atoms with E-state index >= 15 is 0 Å². The number of nitrogens with one attached hydrogen (secondary N) is 2. The minimum atomic E-state index is -0.731. The molecule has 0 radical (unpaired) electrons. The van der Waals surface area contributed by atoms with Crippen LogP contribution in [0, 0.1) is 5.92 Å². The fourth-order valence-electron chi connectivity index (χ4n) is 2.61. The predicted molar refractivity (Wildman–Crippen MR) is 86.8 cm³/mol. The number of methoxy groups -OCH3 is 1. The largest absolute Gasteiger partial charge is 0.467 e. The van der Waals surface area contributed by atoms with Crippen LogP contribution in [0.4, 0.5) is 0 Å². The van der Waals surface area contributed by atoms with Gasteiger partial charge in [0.2, 0.25) is 5.91 Å². The number of carbonyl (C=O) groups excluding carboxylic acids is 2. The summed E-state index contributed by atoms with van der Waals surface area (Å²) in [6.07, 6.45) is 2.46. The van der Waals surface area contributed by atoms with Crippen LogP contribution in [-0.4, -0.2) is 32.1 Å². The van der Waals surface area contributed by atoms with Crippen LogP contribution in [0.25, 0.3) is 0 Å². The molecule has 1 fully saturated rings. The van der Waals surface area contributed by atoms with Gasteiger partial charge in [0.25, 0.3) is 0 Å². The Labute approximate surface area is 137 Å². The van der Waals surface area contributed by atoms with Crippen molar-refractivity contribution in [1.29, 1.82) is 0 Å². The Balaban J connectivity index is 0.00000242. The van der Waals surface area contributed by atoms with E-state index in [9.17, 15) is 9.59 Å². The van der Waals surface area contributed by atoms with E-state index < -0.39 is 12.0 Å². The summed E-state index contributed by atoms with van der Waals surface area (Å²) < 4.78 is 4.79. The van der Waals surface area contributed by atoms with Gasteiger partial charge in [0.15, 0.2) is 6.04 Å². The molecule has 2 rings (SSSR count). The van der Waals surface area contributed by atoms with Crippen LogP contribution in [0.15, 0.2) is 30.3 Å². The lowest BCUT2D eigenvalue weighted by molar-refractivity contribution is -0.145. The van der Waals surface area contributed by atoms with Gasteiger partial charge >= 0.3 is 5.97 Å². The molecular weight excluding hydrogens is 304 g/mol. The number of hydrogen-bond donors (Lipinski definition) is 2. The number of amides is 1. The molecule has 5 nitrogen and oxygen atoms in total. The second kappa shape index (κ2) is 9.43. The van der Waals surface area contributed by atoms with Crippen LogP contribution in [0.5, 0.6) is 0 Å². The maximum absolute atomic E-state index is 12.2. The Morgan fingerprint density at radius 2 is 1.91 bits per heavy atom. The maximum atomic E-state index is 12.2. The SMILES string of the molecule is COC(=O)C(NC(=O)CC1CCNCC1)c1ccccc1.Cl. The molecule has 0 saturated carbocycles. The highest BCUT2D eigenvalue weighted by Gasteiger charge is 2.25. The number of hydrogen-bond acceptors (Lipinski definition) is 4. The van der Waals surface area contributed by atoms with Gasteiger partial charge in [-0.15, -0.1) is 12.4 Å². The fourth-order valence-corrected chi connectivity index (χ4v) is 2.61. The number of rotatable bonds is 5. The standard InChI is InChI=1S/C16H22N2O3.ClH/c1-21-16(20)15(13-5-3-2-4-6-13)18-14(19)11-12-7-9-17-10-8-12;/h2-6,12,15,17H,7-11H2,1H3,(H,18,19);1H. The van der Waals surface area contributed by atoms with Crippen LogP contribution in [-0.2, 0) is 14.3 Å². The Kier molecular flexibility index (Phi) is 7.91. The number of halogens is 1. The Bertz CT molecular complexity index is 476. The van der Waals surface area contributed by atoms with E-state index in [4.69, 9.17) is 4.74 Å². The van der Waals surface area contributed by atoms with Crippen molar-refractivity contribution in [2.24, 2.45) is 5.92 Å². The van der Waals surface area contributed by atoms with Crippen molar-refractivity contribution in [3.63, 3.8) is 0 Å². The summed E-state index contributed by atoms with van der Waals surface area (Å²) in [5.41, 5.74) is 0.739. The molecule has 0 bridgehead atoms. The van der Waals surface area contributed by atoms with E-state index in [1.54, 1.807) is 0 Å². The molecule has 122 valence electrons. The number of esters is 1. The Morgan fingerprint density at radius 1 is 1.27 bits per heavy atom. The quantitative estimate of drug-likeness (QED) is 0.810. The zero-order valence-corrected chi connectivity index (χ0v) is 13.5. The van der Waals surface area contributed by atoms with Crippen molar-refractivity contribution in [3.05, 3.63) is 35.9 Å². The summed E-state index contributed by atoms with van der Waals surface area (Å²) in [6, 6.07) is 8.44. The topological polar surface area (TPSA) is 67.4 Å². The van der Waals surface area contributed by atoms with Crippen LogP contribution in [0.2, 0.25) is 0 Å². The van der Waals surface area contributed by atoms with E-state index in [-0.39, 0.29) is 18.3 Å². The van der Waals surface area contributed by atoms with Crippen LogP contribution < -0.4 is 10.6 Å². The van der Waals surface area contributed by atoms with Crippen molar-refractivity contribution in [1.82, 2.24) is 10.6 Å².